The van der Waals surface area contributed by atoms with E-state index in [9.17, 15) is 0 Å². The molecule has 0 aromatic rings. The maximum Gasteiger partial charge on any atom is 0.0466 e. The Morgan fingerprint density at radius 1 is 1.50 bits per heavy atom. The molecule has 2 heteroatoms. The quantitative estimate of drug-likeness (QED) is 0.340. The van der Waals surface area contributed by atoms with E-state index in [0.29, 0.717) is 5.92 Å². The van der Waals surface area contributed by atoms with Crippen LogP contribution in [0.3, 0.4) is 0 Å². The second-order valence-corrected chi connectivity index (χ2v) is 1.84. The van der Waals surface area contributed by atoms with Crippen molar-refractivity contribution in [2.24, 2.45) is 11.1 Å². The minimum absolute atomic E-state index is 0.458. The lowest BCUT2D eigenvalue weighted by atomic mass is 10.1. The molecule has 1 N–H and O–H groups in total. The maximum absolute atomic E-state index is 8.07. The predicted molar refractivity (Wildman–Crippen MR) is 34.4 cm³/mol. The predicted octanol–water partition coefficient (Wildman–Crippen LogP) is 1.88. The summed E-state index contributed by atoms with van der Waals surface area (Å²) in [6, 6.07) is 0. The van der Waals surface area contributed by atoms with Gasteiger partial charge in [-0.25, -0.2) is 0 Å². The Morgan fingerprint density at radius 2 is 2.00 bits per heavy atom. The molecule has 0 heterocycles. The number of oxime groups is 1. The summed E-state index contributed by atoms with van der Waals surface area (Å²) in [4.78, 5) is 0. The Kier molecular flexibility index (Phi) is 4.32. The normalized spacial score (nSPS) is 11.4. The monoisotopic (exact) mass is 115 g/mol. The molecule has 48 valence electrons. The molecule has 0 spiro atoms. The van der Waals surface area contributed by atoms with Gasteiger partial charge in [-0.05, 0) is 18.8 Å². The fraction of sp³-hybridized carbons (Fsp3) is 0.833. The van der Waals surface area contributed by atoms with Crippen LogP contribution < -0.4 is 0 Å². The van der Waals surface area contributed by atoms with Gasteiger partial charge in [-0.15, -0.1) is 5.16 Å². The van der Waals surface area contributed by atoms with Crippen molar-refractivity contribution >= 4 is 6.21 Å². The van der Waals surface area contributed by atoms with Gasteiger partial charge in [0.25, 0.3) is 0 Å². The average Bonchev–Trinajstić information content (AvgIpc) is 1.83. The molecule has 0 saturated heterocycles. The van der Waals surface area contributed by atoms with E-state index < -0.39 is 0 Å². The summed E-state index contributed by atoms with van der Waals surface area (Å²) in [6.45, 7) is 4.16. The summed E-state index contributed by atoms with van der Waals surface area (Å²) in [6.07, 6.45) is 3.70. The van der Waals surface area contributed by atoms with Crippen LogP contribution in [0.1, 0.15) is 26.7 Å². The molecule has 0 aliphatic heterocycles. The molecule has 0 atom stereocenters. The van der Waals surface area contributed by atoms with Crippen molar-refractivity contribution < 1.29 is 5.21 Å². The van der Waals surface area contributed by atoms with E-state index in [0.717, 1.165) is 12.8 Å². The average molecular weight is 115 g/mol. The third kappa shape index (κ3) is 2.61. The Balaban J connectivity index is 3.36. The van der Waals surface area contributed by atoms with Crippen molar-refractivity contribution in [1.29, 1.82) is 0 Å². The van der Waals surface area contributed by atoms with E-state index in [1.165, 1.54) is 0 Å². The van der Waals surface area contributed by atoms with E-state index >= 15 is 0 Å². The summed E-state index contributed by atoms with van der Waals surface area (Å²) < 4.78 is 0. The summed E-state index contributed by atoms with van der Waals surface area (Å²) in [5.41, 5.74) is 0. The van der Waals surface area contributed by atoms with Crippen LogP contribution in [0, 0.1) is 5.92 Å². The van der Waals surface area contributed by atoms with Crippen LogP contribution in [0.5, 0.6) is 0 Å². The number of nitrogens with zero attached hydrogens (tertiary/aromatic N) is 1. The van der Waals surface area contributed by atoms with Crippen LogP contribution in [0.15, 0.2) is 5.16 Å². The van der Waals surface area contributed by atoms with Gasteiger partial charge in [0.1, 0.15) is 0 Å². The standard InChI is InChI=1S/C6H13NO/c1-3-6(4-2)5-7-8/h5-6,8H,3-4H2,1-2H3. The molecule has 0 amide bonds. The number of rotatable bonds is 3. The summed E-state index contributed by atoms with van der Waals surface area (Å²) in [5.74, 6) is 0.458. The minimum atomic E-state index is 0.458. The molecular formula is C6H13NO. The van der Waals surface area contributed by atoms with E-state index in [1.807, 2.05) is 0 Å². The Morgan fingerprint density at radius 3 is 2.12 bits per heavy atom. The Bertz CT molecular complexity index is 66.9. The van der Waals surface area contributed by atoms with Gasteiger partial charge >= 0.3 is 0 Å². The van der Waals surface area contributed by atoms with Crippen LogP contribution in [-0.2, 0) is 0 Å². The molecule has 0 fully saturated rings. The largest absolute Gasteiger partial charge is 0.411 e. The SMILES string of the molecule is CCC(C=NO)CC. The molecule has 0 unspecified atom stereocenters. The van der Waals surface area contributed by atoms with Crippen molar-refractivity contribution in [3.63, 3.8) is 0 Å². The fourth-order valence-electron chi connectivity index (χ4n) is 0.594. The zero-order valence-electron chi connectivity index (χ0n) is 5.46. The van der Waals surface area contributed by atoms with Gasteiger partial charge in [-0.3, -0.25) is 0 Å². The lowest BCUT2D eigenvalue weighted by molar-refractivity contribution is 0.317. The van der Waals surface area contributed by atoms with Crippen LogP contribution in [0.2, 0.25) is 0 Å². The van der Waals surface area contributed by atoms with Crippen molar-refractivity contribution in [2.45, 2.75) is 26.7 Å². The molecule has 2 nitrogen and oxygen atoms in total. The molecule has 0 aromatic heterocycles. The first-order valence-electron chi connectivity index (χ1n) is 3.02. The van der Waals surface area contributed by atoms with E-state index in [1.54, 1.807) is 6.21 Å². The van der Waals surface area contributed by atoms with E-state index in [-0.39, 0.29) is 0 Å². The Hall–Kier alpha value is -0.530. The summed E-state index contributed by atoms with van der Waals surface area (Å²) in [7, 11) is 0. The molecule has 0 rings (SSSR count). The van der Waals surface area contributed by atoms with Gasteiger partial charge < -0.3 is 5.21 Å². The van der Waals surface area contributed by atoms with Gasteiger partial charge in [0.05, 0.1) is 0 Å². The van der Waals surface area contributed by atoms with Crippen LogP contribution in [0.4, 0.5) is 0 Å². The molecule has 0 aliphatic rings. The van der Waals surface area contributed by atoms with E-state index in [2.05, 4.69) is 19.0 Å². The van der Waals surface area contributed by atoms with Gasteiger partial charge in [0.15, 0.2) is 0 Å². The van der Waals surface area contributed by atoms with Crippen LogP contribution in [0.25, 0.3) is 0 Å². The zero-order valence-corrected chi connectivity index (χ0v) is 5.46. The highest BCUT2D eigenvalue weighted by atomic mass is 16.4. The molecule has 0 aromatic carbocycles. The highest BCUT2D eigenvalue weighted by molar-refractivity contribution is 5.59. The third-order valence-corrected chi connectivity index (χ3v) is 1.33. The van der Waals surface area contributed by atoms with Crippen LogP contribution >= 0.6 is 0 Å². The van der Waals surface area contributed by atoms with Crippen molar-refractivity contribution in [1.82, 2.24) is 0 Å². The van der Waals surface area contributed by atoms with Gasteiger partial charge in [0.2, 0.25) is 0 Å². The van der Waals surface area contributed by atoms with E-state index in [4.69, 9.17) is 5.21 Å². The van der Waals surface area contributed by atoms with Crippen molar-refractivity contribution in [3.8, 4) is 0 Å². The third-order valence-electron chi connectivity index (χ3n) is 1.33. The van der Waals surface area contributed by atoms with Gasteiger partial charge in [0, 0.05) is 6.21 Å². The second kappa shape index (κ2) is 4.62. The second-order valence-electron chi connectivity index (χ2n) is 1.84. The molecule has 0 saturated carbocycles. The molecule has 8 heavy (non-hydrogen) atoms. The summed E-state index contributed by atoms with van der Waals surface area (Å²) >= 11 is 0. The topological polar surface area (TPSA) is 32.6 Å². The van der Waals surface area contributed by atoms with Gasteiger partial charge in [-0.2, -0.15) is 0 Å². The Labute approximate surface area is 50.2 Å². The maximum atomic E-state index is 8.07. The van der Waals surface area contributed by atoms with Crippen molar-refractivity contribution in [2.75, 3.05) is 0 Å². The fourth-order valence-corrected chi connectivity index (χ4v) is 0.594. The lowest BCUT2D eigenvalue weighted by Crippen LogP contribution is -1.96. The van der Waals surface area contributed by atoms with Crippen molar-refractivity contribution in [3.05, 3.63) is 0 Å². The molecule has 0 radical (unpaired) electrons. The highest BCUT2D eigenvalue weighted by Crippen LogP contribution is 2.02. The van der Waals surface area contributed by atoms with Crippen LogP contribution in [-0.4, -0.2) is 11.4 Å². The summed E-state index contributed by atoms with van der Waals surface area (Å²) in [5, 5.41) is 11.0. The first-order valence-corrected chi connectivity index (χ1v) is 3.02. The molecular weight excluding hydrogens is 102 g/mol. The number of hydrogen-bond donors (Lipinski definition) is 1. The first kappa shape index (κ1) is 7.47. The number of hydrogen-bond acceptors (Lipinski definition) is 2. The lowest BCUT2D eigenvalue weighted by Gasteiger charge is -2.00. The first-order chi connectivity index (χ1) is 3.85. The molecule has 0 aliphatic carbocycles. The molecule has 0 bridgehead atoms. The minimum Gasteiger partial charge on any atom is -0.411 e. The van der Waals surface area contributed by atoms with Gasteiger partial charge in [-0.1, -0.05) is 13.8 Å². The highest BCUT2D eigenvalue weighted by Gasteiger charge is 1.96. The smallest absolute Gasteiger partial charge is 0.0466 e. The zero-order chi connectivity index (χ0) is 6.41.